The average molecular weight is 363 g/mol. The second kappa shape index (κ2) is 7.98. The first-order valence-corrected chi connectivity index (χ1v) is 9.04. The monoisotopic (exact) mass is 363 g/mol. The first-order chi connectivity index (χ1) is 11.7. The summed E-state index contributed by atoms with van der Waals surface area (Å²) < 4.78 is 14.9. The minimum atomic E-state index is -0.477. The summed E-state index contributed by atoms with van der Waals surface area (Å²) in [7, 11) is 1.66. The van der Waals surface area contributed by atoms with Crippen LogP contribution in [0.1, 0.15) is 39.7 Å². The summed E-state index contributed by atoms with van der Waals surface area (Å²) in [4.78, 5) is 12.4. The van der Waals surface area contributed by atoms with Gasteiger partial charge in [0, 0.05) is 50.2 Å². The van der Waals surface area contributed by atoms with E-state index in [0.717, 1.165) is 12.0 Å². The van der Waals surface area contributed by atoms with Crippen LogP contribution < -0.4 is 9.47 Å². The Balaban J connectivity index is 2.03. The maximum Gasteiger partial charge on any atom is 0.426 e. The highest BCUT2D eigenvalue weighted by molar-refractivity contribution is 7.95. The van der Waals surface area contributed by atoms with E-state index in [1.54, 1.807) is 13.1 Å². The Morgan fingerprint density at radius 2 is 2.20 bits per heavy atom. The molecule has 0 atom stereocenters. The zero-order valence-electron chi connectivity index (χ0n) is 15.4. The second-order valence-corrected chi connectivity index (χ2v) is 8.05. The molecule has 0 radical (unpaired) electrons. The van der Waals surface area contributed by atoms with Crippen LogP contribution in [0.4, 0.5) is 4.79 Å². The van der Waals surface area contributed by atoms with Crippen molar-refractivity contribution in [3.8, 4) is 17.6 Å². The molecule has 0 bridgehead atoms. The van der Waals surface area contributed by atoms with E-state index < -0.39 is 6.09 Å². The first kappa shape index (κ1) is 19.4. The number of fused-ring (bicyclic) bond motifs is 1. The third-order valence-electron chi connectivity index (χ3n) is 3.76. The number of carbonyl (C=O) groups is 1. The molecule has 0 aliphatic carbocycles. The van der Waals surface area contributed by atoms with Gasteiger partial charge in [0.2, 0.25) is 0 Å². The topological polar surface area (TPSA) is 65.8 Å². The zero-order chi connectivity index (χ0) is 18.6. The van der Waals surface area contributed by atoms with Gasteiger partial charge in [0.1, 0.15) is 5.60 Å². The third-order valence-corrected chi connectivity index (χ3v) is 4.96. The van der Waals surface area contributed by atoms with E-state index in [9.17, 15) is 4.79 Å². The van der Waals surface area contributed by atoms with Crippen molar-refractivity contribution < 1.29 is 14.3 Å². The number of benzene rings is 1. The van der Waals surface area contributed by atoms with Gasteiger partial charge in [0.25, 0.3) is 0 Å². The molecule has 0 saturated carbocycles. The van der Waals surface area contributed by atoms with Gasteiger partial charge in [-0.05, 0) is 33.8 Å². The lowest BCUT2D eigenvalue weighted by molar-refractivity contribution is 0.131. The lowest BCUT2D eigenvalue weighted by atomic mass is 10.0. The van der Waals surface area contributed by atoms with Crippen molar-refractivity contribution in [3.05, 3.63) is 23.8 Å². The molecule has 0 fully saturated rings. The number of nitrogens with zero attached hydrogens (tertiary/aromatic N) is 3. The highest BCUT2D eigenvalue weighted by Gasteiger charge is 2.33. The van der Waals surface area contributed by atoms with Crippen molar-refractivity contribution in [2.45, 2.75) is 52.2 Å². The van der Waals surface area contributed by atoms with E-state index in [4.69, 9.17) is 14.7 Å². The number of hydrogen-bond acceptors (Lipinski definition) is 6. The predicted octanol–water partition coefficient (Wildman–Crippen LogP) is 4.02. The van der Waals surface area contributed by atoms with E-state index in [-0.39, 0.29) is 11.6 Å². The zero-order valence-corrected chi connectivity index (χ0v) is 16.2. The highest BCUT2D eigenvalue weighted by Crippen LogP contribution is 2.42. The Hall–Kier alpha value is -1.91. The van der Waals surface area contributed by atoms with Crippen molar-refractivity contribution in [3.63, 3.8) is 0 Å². The Morgan fingerprint density at radius 3 is 2.84 bits per heavy atom. The summed E-state index contributed by atoms with van der Waals surface area (Å²) in [6.45, 7) is 8.63. The molecule has 1 aliphatic heterocycles. The van der Waals surface area contributed by atoms with Crippen LogP contribution in [0.3, 0.4) is 0 Å². The predicted molar refractivity (Wildman–Crippen MR) is 98.3 cm³/mol. The summed E-state index contributed by atoms with van der Waals surface area (Å²) in [5.74, 6) is 1.08. The molecule has 0 spiro atoms. The summed E-state index contributed by atoms with van der Waals surface area (Å²) in [5.41, 5.74) is 0.750. The number of rotatable bonds is 6. The first-order valence-electron chi connectivity index (χ1n) is 8.31. The molecule has 0 N–H and O–H groups in total. The SMILES string of the molecule is CC(C)N(CCC#N)SN(C)C(=O)Oc1cccc2c1OC(C)(C)C2. The second-order valence-electron chi connectivity index (χ2n) is 6.87. The molecule has 25 heavy (non-hydrogen) atoms. The Morgan fingerprint density at radius 1 is 1.48 bits per heavy atom. The fraction of sp³-hybridized carbons (Fsp3) is 0.556. The molecule has 1 heterocycles. The molecule has 1 amide bonds. The molecule has 7 heteroatoms. The van der Waals surface area contributed by atoms with E-state index in [1.807, 2.05) is 44.1 Å². The molecule has 0 saturated heterocycles. The number of amides is 1. The minimum absolute atomic E-state index is 0.193. The number of carbonyl (C=O) groups excluding carboxylic acids is 1. The fourth-order valence-corrected chi connectivity index (χ4v) is 3.35. The standard InChI is InChI=1S/C18H25N3O3S/c1-13(2)21(11-7-10-19)25-20(5)17(22)23-15-9-6-8-14-12-18(3,4)24-16(14)15/h6,8-9,13H,7,11-12H2,1-5H3. The summed E-state index contributed by atoms with van der Waals surface area (Å²) >= 11 is 1.25. The fourth-order valence-electron chi connectivity index (χ4n) is 2.57. The van der Waals surface area contributed by atoms with Gasteiger partial charge in [-0.1, -0.05) is 12.1 Å². The third kappa shape index (κ3) is 5.03. The number of para-hydroxylation sites is 1. The van der Waals surface area contributed by atoms with Crippen molar-refractivity contribution in [2.75, 3.05) is 13.6 Å². The van der Waals surface area contributed by atoms with Crippen molar-refractivity contribution in [2.24, 2.45) is 0 Å². The molecular weight excluding hydrogens is 338 g/mol. The molecule has 1 aromatic rings. The van der Waals surface area contributed by atoms with Crippen LogP contribution >= 0.6 is 12.1 Å². The Labute approximate surface area is 153 Å². The van der Waals surface area contributed by atoms with Gasteiger partial charge in [-0.25, -0.2) is 13.4 Å². The molecule has 136 valence electrons. The molecule has 2 rings (SSSR count). The molecule has 0 unspecified atom stereocenters. The van der Waals surface area contributed by atoms with E-state index in [2.05, 4.69) is 6.07 Å². The van der Waals surface area contributed by atoms with Crippen molar-refractivity contribution in [1.82, 2.24) is 8.61 Å². The maximum atomic E-state index is 12.4. The van der Waals surface area contributed by atoms with Crippen molar-refractivity contribution in [1.29, 1.82) is 5.26 Å². The van der Waals surface area contributed by atoms with Gasteiger partial charge in [0.05, 0.1) is 6.07 Å². The van der Waals surface area contributed by atoms with Gasteiger partial charge in [-0.3, -0.25) is 0 Å². The molecular formula is C18H25N3O3S. The van der Waals surface area contributed by atoms with Crippen LogP contribution in [0.5, 0.6) is 11.5 Å². The Bertz CT molecular complexity index is 670. The largest absolute Gasteiger partial charge is 0.483 e. The normalized spacial score (nSPS) is 14.8. The van der Waals surface area contributed by atoms with E-state index in [0.29, 0.717) is 24.5 Å². The quantitative estimate of drug-likeness (QED) is 0.711. The van der Waals surface area contributed by atoms with E-state index in [1.165, 1.54) is 16.4 Å². The summed E-state index contributed by atoms with van der Waals surface area (Å²) in [6, 6.07) is 7.92. The lowest BCUT2D eigenvalue weighted by Gasteiger charge is -2.28. The van der Waals surface area contributed by atoms with E-state index >= 15 is 0 Å². The highest BCUT2D eigenvalue weighted by atomic mass is 32.2. The van der Waals surface area contributed by atoms with Crippen LogP contribution in [-0.2, 0) is 6.42 Å². The number of hydrogen-bond donors (Lipinski definition) is 0. The van der Waals surface area contributed by atoms with Crippen LogP contribution in [0.25, 0.3) is 0 Å². The molecule has 0 aromatic heterocycles. The number of nitriles is 1. The molecule has 1 aromatic carbocycles. The van der Waals surface area contributed by atoms with Gasteiger partial charge in [0.15, 0.2) is 11.5 Å². The van der Waals surface area contributed by atoms with Gasteiger partial charge in [-0.15, -0.1) is 0 Å². The van der Waals surface area contributed by atoms with Gasteiger partial charge < -0.3 is 9.47 Å². The Kier molecular flexibility index (Phi) is 6.20. The summed E-state index contributed by atoms with van der Waals surface area (Å²) in [5, 5.41) is 8.76. The molecule has 1 aliphatic rings. The average Bonchev–Trinajstić information content (AvgIpc) is 2.85. The lowest BCUT2D eigenvalue weighted by Crippen LogP contribution is -2.33. The van der Waals surface area contributed by atoms with Crippen LogP contribution in [0, 0.1) is 11.3 Å². The number of ether oxygens (including phenoxy) is 2. The van der Waals surface area contributed by atoms with Crippen LogP contribution in [0.15, 0.2) is 18.2 Å². The maximum absolute atomic E-state index is 12.4. The minimum Gasteiger partial charge on any atom is -0.483 e. The van der Waals surface area contributed by atoms with Crippen molar-refractivity contribution >= 4 is 18.2 Å². The van der Waals surface area contributed by atoms with Gasteiger partial charge >= 0.3 is 6.09 Å². The molecule has 6 nitrogen and oxygen atoms in total. The van der Waals surface area contributed by atoms with Gasteiger partial charge in [-0.2, -0.15) is 5.26 Å². The van der Waals surface area contributed by atoms with Crippen LogP contribution in [0.2, 0.25) is 0 Å². The van der Waals surface area contributed by atoms with Crippen LogP contribution in [-0.4, -0.2) is 39.9 Å². The smallest absolute Gasteiger partial charge is 0.426 e. The summed E-state index contributed by atoms with van der Waals surface area (Å²) in [6.07, 6.45) is 0.714.